The van der Waals surface area contributed by atoms with Gasteiger partial charge in [0.05, 0.1) is 11.2 Å². The quantitative estimate of drug-likeness (QED) is 0.773. The molecule has 0 aliphatic heterocycles. The van der Waals surface area contributed by atoms with Gasteiger partial charge in [0.15, 0.2) is 0 Å². The summed E-state index contributed by atoms with van der Waals surface area (Å²) in [6.45, 7) is 0. The summed E-state index contributed by atoms with van der Waals surface area (Å²) in [5.41, 5.74) is 7.17. The van der Waals surface area contributed by atoms with Crippen LogP contribution in [0.5, 0.6) is 0 Å². The summed E-state index contributed by atoms with van der Waals surface area (Å²) in [7, 11) is 0. The monoisotopic (exact) mass is 203 g/mol. The predicted molar refractivity (Wildman–Crippen MR) is 55.9 cm³/mol. The van der Waals surface area contributed by atoms with Gasteiger partial charge < -0.3 is 5.73 Å². The molecule has 1 fully saturated rings. The van der Waals surface area contributed by atoms with Gasteiger partial charge in [-0.3, -0.25) is 0 Å². The van der Waals surface area contributed by atoms with E-state index in [2.05, 4.69) is 9.97 Å². The van der Waals surface area contributed by atoms with Crippen molar-refractivity contribution in [3.8, 4) is 0 Å². The fourth-order valence-corrected chi connectivity index (χ4v) is 1.81. The van der Waals surface area contributed by atoms with Crippen molar-refractivity contribution in [2.24, 2.45) is 0 Å². The molecule has 1 aliphatic rings. The molecule has 1 heterocycles. The molecule has 3 nitrogen and oxygen atoms in total. The van der Waals surface area contributed by atoms with Crippen LogP contribution in [0.2, 0.25) is 0 Å². The van der Waals surface area contributed by atoms with E-state index in [1.807, 2.05) is 0 Å². The number of nitrogens with two attached hydrogens (primary N) is 1. The minimum Gasteiger partial charge on any atom is -0.368 e. The number of hydrogen-bond acceptors (Lipinski definition) is 3. The molecular weight excluding hydrogens is 193 g/mol. The van der Waals surface area contributed by atoms with Gasteiger partial charge in [0.25, 0.3) is 0 Å². The molecule has 15 heavy (non-hydrogen) atoms. The van der Waals surface area contributed by atoms with Gasteiger partial charge in [-0.1, -0.05) is 0 Å². The molecule has 0 atom stereocenters. The lowest BCUT2D eigenvalue weighted by Gasteiger charge is -2.04. The molecule has 1 aromatic heterocycles. The minimum absolute atomic E-state index is 0.231. The fourth-order valence-electron chi connectivity index (χ4n) is 1.81. The summed E-state index contributed by atoms with van der Waals surface area (Å²) in [6, 6.07) is 4.57. The number of benzene rings is 1. The van der Waals surface area contributed by atoms with Crippen molar-refractivity contribution < 1.29 is 4.39 Å². The molecule has 0 unspecified atom stereocenters. The van der Waals surface area contributed by atoms with Crippen LogP contribution in [-0.2, 0) is 0 Å². The Kier molecular flexibility index (Phi) is 1.65. The molecule has 0 bridgehead atoms. The molecule has 0 radical (unpaired) electrons. The second kappa shape index (κ2) is 2.89. The van der Waals surface area contributed by atoms with E-state index in [4.69, 9.17) is 5.73 Å². The molecule has 2 aromatic rings. The zero-order valence-electron chi connectivity index (χ0n) is 8.07. The van der Waals surface area contributed by atoms with Gasteiger partial charge in [0, 0.05) is 17.4 Å². The van der Waals surface area contributed by atoms with Crippen molar-refractivity contribution in [2.75, 3.05) is 5.73 Å². The van der Waals surface area contributed by atoms with E-state index in [1.54, 1.807) is 6.07 Å². The highest BCUT2D eigenvalue weighted by Crippen LogP contribution is 2.41. The molecular formula is C11H10FN3. The van der Waals surface area contributed by atoms with E-state index < -0.39 is 0 Å². The van der Waals surface area contributed by atoms with Crippen LogP contribution in [0.25, 0.3) is 10.9 Å². The summed E-state index contributed by atoms with van der Waals surface area (Å²) >= 11 is 0. The van der Waals surface area contributed by atoms with Gasteiger partial charge in [-0.15, -0.1) is 0 Å². The highest BCUT2D eigenvalue weighted by molar-refractivity contribution is 5.82. The van der Waals surface area contributed by atoms with Crippen LogP contribution in [0.1, 0.15) is 24.5 Å². The highest BCUT2D eigenvalue weighted by Gasteiger charge is 2.27. The first-order chi connectivity index (χ1) is 7.24. The van der Waals surface area contributed by atoms with Crippen LogP contribution < -0.4 is 5.73 Å². The van der Waals surface area contributed by atoms with Gasteiger partial charge in [0.2, 0.25) is 5.95 Å². The highest BCUT2D eigenvalue weighted by atomic mass is 19.1. The largest absolute Gasteiger partial charge is 0.368 e. The minimum atomic E-state index is -0.289. The van der Waals surface area contributed by atoms with Crippen LogP contribution in [0.15, 0.2) is 18.2 Å². The zero-order chi connectivity index (χ0) is 10.4. The summed E-state index contributed by atoms with van der Waals surface area (Å²) in [5.74, 6) is 0.431. The molecule has 4 heteroatoms. The van der Waals surface area contributed by atoms with E-state index in [0.717, 1.165) is 23.9 Å². The van der Waals surface area contributed by atoms with Gasteiger partial charge in [-0.05, 0) is 25.0 Å². The Hall–Kier alpha value is -1.71. The van der Waals surface area contributed by atoms with Gasteiger partial charge in [-0.25, -0.2) is 14.4 Å². The number of nitrogen functional groups attached to an aromatic ring is 1. The summed E-state index contributed by atoms with van der Waals surface area (Å²) in [5, 5.41) is 0.924. The van der Waals surface area contributed by atoms with Crippen molar-refractivity contribution >= 4 is 16.9 Å². The van der Waals surface area contributed by atoms with Crippen LogP contribution in [0, 0.1) is 5.82 Å². The number of anilines is 1. The number of nitrogens with zero attached hydrogens (tertiary/aromatic N) is 2. The van der Waals surface area contributed by atoms with Crippen LogP contribution in [0.3, 0.4) is 0 Å². The number of aromatic nitrogens is 2. The first-order valence-corrected chi connectivity index (χ1v) is 4.97. The Morgan fingerprint density at radius 2 is 2.07 bits per heavy atom. The lowest BCUT2D eigenvalue weighted by atomic mass is 10.1. The second-order valence-corrected chi connectivity index (χ2v) is 3.90. The standard InChI is InChI=1S/C11H10FN3/c12-7-3-4-8-9(5-7)14-11(13)15-10(8)6-1-2-6/h3-6H,1-2H2,(H2,13,14,15). The maximum atomic E-state index is 13.0. The fraction of sp³-hybridized carbons (Fsp3) is 0.273. The summed E-state index contributed by atoms with van der Waals surface area (Å²) < 4.78 is 13.0. The zero-order valence-corrected chi connectivity index (χ0v) is 8.07. The second-order valence-electron chi connectivity index (χ2n) is 3.90. The number of hydrogen-bond donors (Lipinski definition) is 1. The lowest BCUT2D eigenvalue weighted by molar-refractivity contribution is 0.629. The molecule has 1 aliphatic carbocycles. The third kappa shape index (κ3) is 1.42. The normalized spacial score (nSPS) is 15.8. The average Bonchev–Trinajstić information content (AvgIpc) is 2.98. The maximum Gasteiger partial charge on any atom is 0.220 e. The number of halogens is 1. The first-order valence-electron chi connectivity index (χ1n) is 4.97. The van der Waals surface area contributed by atoms with Crippen LogP contribution in [0.4, 0.5) is 10.3 Å². The Morgan fingerprint density at radius 3 is 2.80 bits per heavy atom. The molecule has 1 saturated carbocycles. The van der Waals surface area contributed by atoms with Crippen LogP contribution in [-0.4, -0.2) is 9.97 Å². The number of rotatable bonds is 1. The summed E-state index contributed by atoms with van der Waals surface area (Å²) in [6.07, 6.45) is 2.28. The lowest BCUT2D eigenvalue weighted by Crippen LogP contribution is -2.00. The average molecular weight is 203 g/mol. The van der Waals surface area contributed by atoms with Crippen LogP contribution >= 0.6 is 0 Å². The third-order valence-electron chi connectivity index (χ3n) is 2.67. The first kappa shape index (κ1) is 8.59. The van der Waals surface area contributed by atoms with Gasteiger partial charge in [-0.2, -0.15) is 0 Å². The SMILES string of the molecule is Nc1nc(C2CC2)c2ccc(F)cc2n1. The van der Waals surface area contributed by atoms with Crippen molar-refractivity contribution in [3.63, 3.8) is 0 Å². The van der Waals surface area contributed by atoms with Crippen molar-refractivity contribution in [2.45, 2.75) is 18.8 Å². The maximum absolute atomic E-state index is 13.0. The van der Waals surface area contributed by atoms with E-state index in [-0.39, 0.29) is 11.8 Å². The molecule has 1 aromatic carbocycles. The molecule has 2 N–H and O–H groups in total. The molecule has 0 amide bonds. The van der Waals surface area contributed by atoms with E-state index in [9.17, 15) is 4.39 Å². The Bertz CT molecular complexity index is 529. The van der Waals surface area contributed by atoms with E-state index in [1.165, 1.54) is 12.1 Å². The molecule has 0 spiro atoms. The Labute approximate surface area is 86.1 Å². The van der Waals surface area contributed by atoms with Gasteiger partial charge >= 0.3 is 0 Å². The van der Waals surface area contributed by atoms with Crippen molar-refractivity contribution in [1.82, 2.24) is 9.97 Å². The molecule has 0 saturated heterocycles. The molecule has 76 valence electrons. The smallest absolute Gasteiger partial charge is 0.220 e. The van der Waals surface area contributed by atoms with E-state index in [0.29, 0.717) is 11.4 Å². The summed E-state index contributed by atoms with van der Waals surface area (Å²) in [4.78, 5) is 8.27. The third-order valence-corrected chi connectivity index (χ3v) is 2.67. The Balaban J connectivity index is 2.33. The van der Waals surface area contributed by atoms with Gasteiger partial charge in [0.1, 0.15) is 5.82 Å². The van der Waals surface area contributed by atoms with E-state index >= 15 is 0 Å². The number of fused-ring (bicyclic) bond motifs is 1. The Morgan fingerprint density at radius 1 is 1.27 bits per heavy atom. The molecule has 3 rings (SSSR count). The van der Waals surface area contributed by atoms with Crippen molar-refractivity contribution in [1.29, 1.82) is 0 Å². The predicted octanol–water partition coefficient (Wildman–Crippen LogP) is 2.23. The topological polar surface area (TPSA) is 51.8 Å². The van der Waals surface area contributed by atoms with Crippen molar-refractivity contribution in [3.05, 3.63) is 29.7 Å².